The summed E-state index contributed by atoms with van der Waals surface area (Å²) in [6, 6.07) is 9.37. The number of amides is 1. The Kier molecular flexibility index (Phi) is 5.02. The summed E-state index contributed by atoms with van der Waals surface area (Å²) in [7, 11) is 0. The van der Waals surface area contributed by atoms with E-state index in [0.717, 1.165) is 5.56 Å². The molecule has 0 aliphatic rings. The van der Waals surface area contributed by atoms with Crippen LogP contribution in [0.15, 0.2) is 36.5 Å². The Bertz CT molecular complexity index is 605. The number of hydrogen-bond donors (Lipinski definition) is 0. The zero-order valence-corrected chi connectivity index (χ0v) is 13.3. The summed E-state index contributed by atoms with van der Waals surface area (Å²) in [5.41, 5.74) is 1.65. The van der Waals surface area contributed by atoms with Crippen LogP contribution in [0.3, 0.4) is 0 Å². The van der Waals surface area contributed by atoms with Gasteiger partial charge in [0.1, 0.15) is 11.7 Å². The van der Waals surface area contributed by atoms with Gasteiger partial charge in [0.2, 0.25) is 5.91 Å². The Balaban J connectivity index is 2.28. The maximum absolute atomic E-state index is 12.4. The van der Waals surface area contributed by atoms with Gasteiger partial charge in [-0.1, -0.05) is 41.9 Å². The second kappa shape index (κ2) is 6.76. The Morgan fingerprint density at radius 3 is 2.48 bits per heavy atom. The number of carbonyl (C=O) groups excluding carboxylic acids is 1. The van der Waals surface area contributed by atoms with Gasteiger partial charge in [-0.3, -0.25) is 9.48 Å². The second-order valence-corrected chi connectivity index (χ2v) is 5.27. The lowest BCUT2D eigenvalue weighted by molar-refractivity contribution is -0.134. The van der Waals surface area contributed by atoms with E-state index >= 15 is 0 Å². The number of benzene rings is 1. The van der Waals surface area contributed by atoms with Crippen molar-refractivity contribution in [2.24, 2.45) is 0 Å². The van der Waals surface area contributed by atoms with E-state index in [1.54, 1.807) is 15.8 Å². The summed E-state index contributed by atoms with van der Waals surface area (Å²) in [6.07, 6.45) is 1.72. The van der Waals surface area contributed by atoms with Crippen LogP contribution in [0.25, 0.3) is 11.3 Å². The van der Waals surface area contributed by atoms with Gasteiger partial charge in [0.15, 0.2) is 0 Å². The number of halogens is 1. The van der Waals surface area contributed by atoms with Crippen molar-refractivity contribution in [2.75, 3.05) is 13.1 Å². The van der Waals surface area contributed by atoms with Gasteiger partial charge in [0.05, 0.1) is 5.02 Å². The molecule has 1 amide bonds. The number of nitrogens with zero attached hydrogens (tertiary/aromatic N) is 3. The molecule has 21 heavy (non-hydrogen) atoms. The van der Waals surface area contributed by atoms with E-state index in [1.165, 1.54) is 0 Å². The van der Waals surface area contributed by atoms with Crippen LogP contribution in [0.1, 0.15) is 26.8 Å². The number of carbonyl (C=O) groups is 1. The fourth-order valence-electron chi connectivity index (χ4n) is 2.27. The highest BCUT2D eigenvalue weighted by atomic mass is 35.5. The highest BCUT2D eigenvalue weighted by molar-refractivity contribution is 6.33. The summed E-state index contributed by atoms with van der Waals surface area (Å²) >= 11 is 6.27. The van der Waals surface area contributed by atoms with E-state index < -0.39 is 0 Å². The van der Waals surface area contributed by atoms with Crippen LogP contribution in [0.4, 0.5) is 0 Å². The van der Waals surface area contributed by atoms with Gasteiger partial charge < -0.3 is 4.90 Å². The number of aromatic nitrogens is 2. The standard InChI is InChI=1S/C16H20ClN3O/c1-4-19(5-2)16(21)12(3)20-11-14(17)15(18-20)13-9-7-6-8-10-13/h6-12H,4-5H2,1-3H3. The van der Waals surface area contributed by atoms with Gasteiger partial charge in [-0.25, -0.2) is 0 Å². The molecule has 4 nitrogen and oxygen atoms in total. The Labute approximate surface area is 130 Å². The molecule has 1 atom stereocenters. The third-order valence-electron chi connectivity index (χ3n) is 3.56. The van der Waals surface area contributed by atoms with Crippen molar-refractivity contribution >= 4 is 17.5 Å². The van der Waals surface area contributed by atoms with Gasteiger partial charge in [0, 0.05) is 24.8 Å². The monoisotopic (exact) mass is 305 g/mol. The van der Waals surface area contributed by atoms with Crippen LogP contribution in [0, 0.1) is 0 Å². The molecule has 0 N–H and O–H groups in total. The molecule has 1 heterocycles. The number of rotatable bonds is 5. The number of hydrogen-bond acceptors (Lipinski definition) is 2. The maximum Gasteiger partial charge on any atom is 0.247 e. The van der Waals surface area contributed by atoms with Crippen LogP contribution < -0.4 is 0 Å². The molecule has 0 saturated carbocycles. The fraction of sp³-hybridized carbons (Fsp3) is 0.375. The zero-order valence-electron chi connectivity index (χ0n) is 12.6. The zero-order chi connectivity index (χ0) is 15.4. The van der Waals surface area contributed by atoms with Crippen molar-refractivity contribution in [3.05, 3.63) is 41.6 Å². The molecule has 0 aliphatic carbocycles. The lowest BCUT2D eigenvalue weighted by atomic mass is 10.2. The summed E-state index contributed by atoms with van der Waals surface area (Å²) < 4.78 is 1.64. The Morgan fingerprint density at radius 2 is 1.90 bits per heavy atom. The molecular weight excluding hydrogens is 286 g/mol. The summed E-state index contributed by atoms with van der Waals surface area (Å²) in [6.45, 7) is 7.18. The molecule has 0 saturated heterocycles. The van der Waals surface area contributed by atoms with E-state index in [2.05, 4.69) is 5.10 Å². The van der Waals surface area contributed by atoms with Crippen molar-refractivity contribution < 1.29 is 4.79 Å². The van der Waals surface area contributed by atoms with Gasteiger partial charge in [-0.2, -0.15) is 5.10 Å². The second-order valence-electron chi connectivity index (χ2n) is 4.86. The molecule has 0 aliphatic heterocycles. The molecule has 0 bridgehead atoms. The van der Waals surface area contributed by atoms with E-state index in [-0.39, 0.29) is 11.9 Å². The topological polar surface area (TPSA) is 38.1 Å². The first-order valence-corrected chi connectivity index (χ1v) is 7.55. The van der Waals surface area contributed by atoms with Crippen LogP contribution in [0.2, 0.25) is 5.02 Å². The van der Waals surface area contributed by atoms with Crippen LogP contribution in [-0.4, -0.2) is 33.7 Å². The van der Waals surface area contributed by atoms with Gasteiger partial charge in [-0.05, 0) is 20.8 Å². The smallest absolute Gasteiger partial charge is 0.247 e. The molecule has 1 unspecified atom stereocenters. The summed E-state index contributed by atoms with van der Waals surface area (Å²) in [4.78, 5) is 14.2. The fourth-order valence-corrected chi connectivity index (χ4v) is 2.52. The van der Waals surface area contributed by atoms with Crippen molar-refractivity contribution in [1.82, 2.24) is 14.7 Å². The van der Waals surface area contributed by atoms with Crippen molar-refractivity contribution in [3.8, 4) is 11.3 Å². The van der Waals surface area contributed by atoms with Gasteiger partial charge >= 0.3 is 0 Å². The van der Waals surface area contributed by atoms with Crippen LogP contribution in [-0.2, 0) is 4.79 Å². The van der Waals surface area contributed by atoms with Crippen LogP contribution >= 0.6 is 11.6 Å². The average Bonchev–Trinajstić information content (AvgIpc) is 2.90. The third kappa shape index (κ3) is 3.27. The molecule has 0 fully saturated rings. The minimum Gasteiger partial charge on any atom is -0.341 e. The van der Waals surface area contributed by atoms with E-state index in [1.807, 2.05) is 51.1 Å². The maximum atomic E-state index is 12.4. The largest absolute Gasteiger partial charge is 0.341 e. The van der Waals surface area contributed by atoms with Crippen molar-refractivity contribution in [1.29, 1.82) is 0 Å². The molecule has 2 rings (SSSR count). The summed E-state index contributed by atoms with van der Waals surface area (Å²) in [5, 5.41) is 5.05. The van der Waals surface area contributed by atoms with Crippen molar-refractivity contribution in [3.63, 3.8) is 0 Å². The van der Waals surface area contributed by atoms with E-state index in [0.29, 0.717) is 23.8 Å². The molecule has 1 aromatic heterocycles. The van der Waals surface area contributed by atoms with E-state index in [4.69, 9.17) is 11.6 Å². The van der Waals surface area contributed by atoms with Gasteiger partial charge in [0.25, 0.3) is 0 Å². The lowest BCUT2D eigenvalue weighted by Crippen LogP contribution is -2.36. The molecule has 112 valence electrons. The first kappa shape index (κ1) is 15.6. The number of likely N-dealkylation sites (N-methyl/N-ethyl adjacent to an activating group) is 1. The van der Waals surface area contributed by atoms with Gasteiger partial charge in [-0.15, -0.1) is 0 Å². The molecule has 1 aromatic carbocycles. The Hall–Kier alpha value is -1.81. The first-order valence-electron chi connectivity index (χ1n) is 7.17. The molecule has 0 spiro atoms. The SMILES string of the molecule is CCN(CC)C(=O)C(C)n1cc(Cl)c(-c2ccccc2)n1. The first-order chi connectivity index (χ1) is 10.1. The van der Waals surface area contributed by atoms with E-state index in [9.17, 15) is 4.79 Å². The highest BCUT2D eigenvalue weighted by Gasteiger charge is 2.22. The normalized spacial score (nSPS) is 12.2. The molecule has 0 radical (unpaired) electrons. The highest BCUT2D eigenvalue weighted by Crippen LogP contribution is 2.27. The lowest BCUT2D eigenvalue weighted by Gasteiger charge is -2.22. The predicted octanol–water partition coefficient (Wildman–Crippen LogP) is 3.63. The quantitative estimate of drug-likeness (QED) is 0.846. The van der Waals surface area contributed by atoms with Crippen LogP contribution in [0.5, 0.6) is 0 Å². The average molecular weight is 306 g/mol. The Morgan fingerprint density at radius 1 is 1.29 bits per heavy atom. The minimum absolute atomic E-state index is 0.0544. The summed E-state index contributed by atoms with van der Waals surface area (Å²) in [5.74, 6) is 0.0544. The molecule has 5 heteroatoms. The molecule has 2 aromatic rings. The van der Waals surface area contributed by atoms with Crippen molar-refractivity contribution in [2.45, 2.75) is 26.8 Å². The predicted molar refractivity (Wildman–Crippen MR) is 85.3 cm³/mol. The third-order valence-corrected chi connectivity index (χ3v) is 3.84. The minimum atomic E-state index is -0.361. The molecular formula is C16H20ClN3O.